The van der Waals surface area contributed by atoms with Crippen LogP contribution >= 0.6 is 0 Å². The van der Waals surface area contributed by atoms with E-state index >= 15 is 0 Å². The van der Waals surface area contributed by atoms with Crippen LogP contribution in [0.25, 0.3) is 115 Å². The molecule has 20 rings (SSSR count). The maximum Gasteiger partial charge on any atom is 0.0756 e. The van der Waals surface area contributed by atoms with Crippen molar-refractivity contribution >= 4 is 121 Å². The van der Waals surface area contributed by atoms with Gasteiger partial charge in [-0.25, -0.2) is 0 Å². The highest BCUT2D eigenvalue weighted by Gasteiger charge is 2.51. The lowest BCUT2D eigenvalue weighted by Crippen LogP contribution is -2.33. The molecule has 1 aliphatic heterocycles. The van der Waals surface area contributed by atoms with Crippen molar-refractivity contribution in [1.82, 2.24) is 13.7 Å². The van der Waals surface area contributed by atoms with Gasteiger partial charge >= 0.3 is 0 Å². The van der Waals surface area contributed by atoms with Crippen LogP contribution in [0.15, 0.2) is 334 Å². The predicted octanol–water partition coefficient (Wildman–Crippen LogP) is 22.9. The SMILES string of the molecule is c1ccc(N(c2ccc3c(c2)C2(c4cc(N(c5ccccc5)c5ccc6c(c5)c5ccc7ccccc7c5n6-c5ccccc5)ccc4-3)c3ccccc3-n3c4ccccc4c4cccc2c43)c2ccc3c(c2)c2ccc4ccccc4c2n3-c2ccccc2)cc1. The molecule has 0 fully saturated rings. The first kappa shape index (κ1) is 50.8. The van der Waals surface area contributed by atoms with Gasteiger partial charge in [-0.05, 0) is 165 Å². The average molecular weight is 1170 g/mol. The summed E-state index contributed by atoms with van der Waals surface area (Å²) in [4.78, 5) is 4.96. The van der Waals surface area contributed by atoms with Gasteiger partial charge < -0.3 is 23.5 Å². The van der Waals surface area contributed by atoms with Gasteiger partial charge in [0.25, 0.3) is 0 Å². The van der Waals surface area contributed by atoms with E-state index in [4.69, 9.17) is 0 Å². The Balaban J connectivity index is 0.841. The standard InChI is InChI=1S/C87H55N5/c1-5-24-58(25-6-1)88(62-44-50-81-74(52-62)72-46-40-56-22-13-15-32-66(56)84(72)90(81)60-28-9-3-10-29-60)64-42-48-68-69-49-43-65(55-79(69)87(78(68)54-64)76-36-18-20-39-83(76)92-80-38-19-17-34-70(80)71-35-21-37-77(87)86(71)92)89(59-26-7-2-8-27-59)63-45-51-82-75(53-63)73-47-41-57-23-14-16-33-67(57)85(73)91(82)61-30-11-4-12-31-61/h1-55H. The third-order valence-electron chi connectivity index (χ3n) is 20.1. The number of nitrogens with zero attached hydrogens (tertiary/aromatic N) is 5. The molecule has 0 unspecified atom stereocenters. The van der Waals surface area contributed by atoms with E-state index in [0.717, 1.165) is 56.5 Å². The van der Waals surface area contributed by atoms with Crippen LogP contribution in [0, 0.1) is 0 Å². The van der Waals surface area contributed by atoms with Crippen LogP contribution in [0.5, 0.6) is 0 Å². The fraction of sp³-hybridized carbons (Fsp3) is 0.0115. The van der Waals surface area contributed by atoms with E-state index in [9.17, 15) is 0 Å². The highest BCUT2D eigenvalue weighted by atomic mass is 15.2. The van der Waals surface area contributed by atoms with Gasteiger partial charge in [0, 0.05) is 88.6 Å². The Morgan fingerprint density at radius 2 is 0.620 bits per heavy atom. The van der Waals surface area contributed by atoms with Crippen LogP contribution in [0.1, 0.15) is 22.3 Å². The first-order chi connectivity index (χ1) is 45.7. The average Bonchev–Trinajstić information content (AvgIpc) is 1.46. The van der Waals surface area contributed by atoms with Crippen LogP contribution in [0.4, 0.5) is 34.1 Å². The highest BCUT2D eigenvalue weighted by molar-refractivity contribution is 6.21. The van der Waals surface area contributed by atoms with Crippen LogP contribution in [0.2, 0.25) is 0 Å². The molecule has 0 N–H and O–H groups in total. The minimum absolute atomic E-state index is 0.774. The molecule has 1 spiro atoms. The van der Waals surface area contributed by atoms with Crippen molar-refractivity contribution in [3.63, 3.8) is 0 Å². The quantitative estimate of drug-likeness (QED) is 0.151. The Hall–Kier alpha value is -12.2. The lowest BCUT2D eigenvalue weighted by molar-refractivity contribution is 0.748. The fourth-order valence-electron chi connectivity index (χ4n) is 16.4. The molecule has 428 valence electrons. The molecule has 0 atom stereocenters. The second-order valence-electron chi connectivity index (χ2n) is 24.7. The van der Waals surface area contributed by atoms with E-state index in [1.165, 1.54) is 115 Å². The smallest absolute Gasteiger partial charge is 0.0756 e. The lowest BCUT2D eigenvalue weighted by Gasteiger charge is -2.40. The van der Waals surface area contributed by atoms with Crippen LogP contribution in [-0.2, 0) is 5.41 Å². The molecule has 1 aliphatic carbocycles. The number of rotatable bonds is 8. The Labute approximate surface area is 531 Å². The van der Waals surface area contributed by atoms with Gasteiger partial charge in [-0.3, -0.25) is 0 Å². The fourth-order valence-corrected chi connectivity index (χ4v) is 16.4. The van der Waals surface area contributed by atoms with Gasteiger partial charge in [-0.2, -0.15) is 0 Å². The third-order valence-corrected chi connectivity index (χ3v) is 20.1. The summed E-state index contributed by atoms with van der Waals surface area (Å²) in [6.07, 6.45) is 0. The molecule has 0 bridgehead atoms. The van der Waals surface area contributed by atoms with Crippen molar-refractivity contribution in [3.05, 3.63) is 356 Å². The van der Waals surface area contributed by atoms with E-state index in [1.807, 2.05) is 0 Å². The first-order valence-electron chi connectivity index (χ1n) is 31.8. The van der Waals surface area contributed by atoms with Gasteiger partial charge in [0.15, 0.2) is 0 Å². The van der Waals surface area contributed by atoms with Gasteiger partial charge in [0.2, 0.25) is 0 Å². The molecular formula is C87H55N5. The highest BCUT2D eigenvalue weighted by Crippen LogP contribution is 2.63. The summed E-state index contributed by atoms with van der Waals surface area (Å²) in [5.74, 6) is 0. The molecule has 3 aromatic heterocycles. The first-order valence-corrected chi connectivity index (χ1v) is 31.8. The predicted molar refractivity (Wildman–Crippen MR) is 385 cm³/mol. The van der Waals surface area contributed by atoms with Crippen LogP contribution < -0.4 is 9.80 Å². The molecule has 4 heterocycles. The zero-order chi connectivity index (χ0) is 60.2. The molecule has 0 amide bonds. The summed E-state index contributed by atoms with van der Waals surface area (Å²) in [5, 5.41) is 12.2. The van der Waals surface area contributed by atoms with Crippen LogP contribution in [-0.4, -0.2) is 13.7 Å². The Kier molecular flexibility index (Phi) is 10.7. The molecule has 92 heavy (non-hydrogen) atoms. The van der Waals surface area contributed by atoms with Crippen molar-refractivity contribution in [2.75, 3.05) is 9.80 Å². The third kappa shape index (κ3) is 7.02. The largest absolute Gasteiger partial charge is 0.310 e. The van der Waals surface area contributed by atoms with E-state index in [-0.39, 0.29) is 0 Å². The maximum atomic E-state index is 2.55. The number of hydrogen-bond donors (Lipinski definition) is 0. The van der Waals surface area contributed by atoms with Gasteiger partial charge in [0.1, 0.15) is 0 Å². The molecule has 0 saturated carbocycles. The molecule has 5 nitrogen and oxygen atoms in total. The van der Waals surface area contributed by atoms with E-state index in [0.29, 0.717) is 0 Å². The molecule has 0 radical (unpaired) electrons. The zero-order valence-corrected chi connectivity index (χ0v) is 50.0. The maximum absolute atomic E-state index is 2.55. The van der Waals surface area contributed by atoms with Crippen molar-refractivity contribution in [2.24, 2.45) is 0 Å². The van der Waals surface area contributed by atoms with Gasteiger partial charge in [-0.15, -0.1) is 0 Å². The Morgan fingerprint density at radius 1 is 0.217 bits per heavy atom. The molecule has 0 saturated heterocycles. The molecular weight excluding hydrogens is 1110 g/mol. The van der Waals surface area contributed by atoms with E-state index in [2.05, 4.69) is 357 Å². The molecule has 2 aliphatic rings. The second-order valence-corrected chi connectivity index (χ2v) is 24.7. The summed E-state index contributed by atoms with van der Waals surface area (Å²) < 4.78 is 7.46. The Morgan fingerprint density at radius 3 is 1.16 bits per heavy atom. The summed E-state index contributed by atoms with van der Waals surface area (Å²) in [5.41, 5.74) is 23.8. The lowest BCUT2D eigenvalue weighted by atomic mass is 9.65. The number of para-hydroxylation sites is 7. The summed E-state index contributed by atoms with van der Waals surface area (Å²) in [7, 11) is 0. The van der Waals surface area contributed by atoms with Gasteiger partial charge in [0.05, 0.1) is 44.2 Å². The summed E-state index contributed by atoms with van der Waals surface area (Å²) >= 11 is 0. The van der Waals surface area contributed by atoms with Crippen molar-refractivity contribution < 1.29 is 0 Å². The number of aromatic nitrogens is 3. The Bertz CT molecular complexity index is 5790. The van der Waals surface area contributed by atoms with E-state index in [1.54, 1.807) is 0 Å². The molecule has 15 aromatic carbocycles. The zero-order valence-electron chi connectivity index (χ0n) is 50.0. The van der Waals surface area contributed by atoms with Crippen LogP contribution in [0.3, 0.4) is 0 Å². The monoisotopic (exact) mass is 1170 g/mol. The van der Waals surface area contributed by atoms with Crippen molar-refractivity contribution in [3.8, 4) is 28.2 Å². The summed E-state index contributed by atoms with van der Waals surface area (Å²) in [6, 6.07) is 124. The van der Waals surface area contributed by atoms with Crippen molar-refractivity contribution in [2.45, 2.75) is 5.41 Å². The molecule has 18 aromatic rings. The second kappa shape index (κ2) is 19.4. The number of benzene rings is 15. The minimum atomic E-state index is -0.774. The number of fused-ring (bicyclic) bond motifs is 22. The van der Waals surface area contributed by atoms with Gasteiger partial charge in [-0.1, -0.05) is 212 Å². The topological polar surface area (TPSA) is 21.3 Å². The molecule has 5 heteroatoms. The minimum Gasteiger partial charge on any atom is -0.310 e. The number of hydrogen-bond acceptors (Lipinski definition) is 2. The van der Waals surface area contributed by atoms with Crippen molar-refractivity contribution in [1.29, 1.82) is 0 Å². The normalized spacial score (nSPS) is 12.9. The summed E-state index contributed by atoms with van der Waals surface area (Å²) in [6.45, 7) is 0. The number of anilines is 6. The van der Waals surface area contributed by atoms with E-state index < -0.39 is 5.41 Å².